The van der Waals surface area contributed by atoms with Crippen molar-refractivity contribution in [2.75, 3.05) is 19.8 Å². The maximum absolute atomic E-state index is 13.3. The van der Waals surface area contributed by atoms with Gasteiger partial charge in [0.25, 0.3) is 5.56 Å². The Morgan fingerprint density at radius 1 is 1.16 bits per heavy atom. The van der Waals surface area contributed by atoms with E-state index in [2.05, 4.69) is 4.98 Å². The zero-order valence-electron chi connectivity index (χ0n) is 17.7. The topological polar surface area (TPSA) is 101 Å². The number of halogens is 1. The van der Waals surface area contributed by atoms with Crippen LogP contribution in [-0.4, -0.2) is 49.3 Å². The average Bonchev–Trinajstić information content (AvgIpc) is 3.41. The predicted octanol–water partition coefficient (Wildman–Crippen LogP) is 1.22. The highest BCUT2D eigenvalue weighted by molar-refractivity contribution is 6.29. The molecule has 5 rings (SSSR count). The fourth-order valence-corrected chi connectivity index (χ4v) is 4.69. The lowest BCUT2D eigenvalue weighted by Gasteiger charge is -2.27. The van der Waals surface area contributed by atoms with Gasteiger partial charge in [-0.1, -0.05) is 6.07 Å². The molecular weight excluding hydrogens is 438 g/mol. The molecule has 2 aromatic heterocycles. The molecule has 32 heavy (non-hydrogen) atoms. The third-order valence-electron chi connectivity index (χ3n) is 6.12. The smallest absolute Gasteiger partial charge is 0.332 e. The fourth-order valence-electron chi connectivity index (χ4n) is 4.47. The minimum Gasteiger partial charge on any atom is -0.486 e. The molecule has 1 aromatic carbocycles. The molecule has 1 saturated heterocycles. The second kappa shape index (κ2) is 7.70. The Kier molecular flexibility index (Phi) is 4.96. The monoisotopic (exact) mass is 459 g/mol. The number of likely N-dealkylation sites (tertiary alicyclic amines) is 1. The number of carbonyl (C=O) groups is 1. The van der Waals surface area contributed by atoms with Gasteiger partial charge in [-0.2, -0.15) is 4.98 Å². The van der Waals surface area contributed by atoms with Crippen LogP contribution in [0.3, 0.4) is 0 Å². The predicted molar refractivity (Wildman–Crippen MR) is 116 cm³/mol. The summed E-state index contributed by atoms with van der Waals surface area (Å²) in [5.41, 5.74) is 0.206. The lowest BCUT2D eigenvalue weighted by atomic mass is 10.0. The quantitative estimate of drug-likeness (QED) is 0.546. The molecule has 10 nitrogen and oxygen atoms in total. The van der Waals surface area contributed by atoms with Gasteiger partial charge in [-0.25, -0.2) is 4.79 Å². The Hall–Kier alpha value is -3.27. The number of amides is 1. The third-order valence-corrected chi connectivity index (χ3v) is 6.41. The van der Waals surface area contributed by atoms with Gasteiger partial charge in [0.15, 0.2) is 22.7 Å². The summed E-state index contributed by atoms with van der Waals surface area (Å²) in [6.07, 6.45) is 1.68. The summed E-state index contributed by atoms with van der Waals surface area (Å²) in [6.45, 7) is 1.46. The van der Waals surface area contributed by atoms with Gasteiger partial charge in [-0.05, 0) is 42.1 Å². The van der Waals surface area contributed by atoms with Gasteiger partial charge in [0.05, 0.1) is 6.04 Å². The minimum atomic E-state index is -0.542. The third kappa shape index (κ3) is 3.17. The maximum atomic E-state index is 13.3. The summed E-state index contributed by atoms with van der Waals surface area (Å²) in [4.78, 5) is 44.2. The Morgan fingerprint density at radius 3 is 2.69 bits per heavy atom. The van der Waals surface area contributed by atoms with Gasteiger partial charge in [-0.15, -0.1) is 0 Å². The number of benzene rings is 1. The van der Waals surface area contributed by atoms with E-state index in [0.717, 1.165) is 23.0 Å². The zero-order chi connectivity index (χ0) is 22.6. The normalized spacial score (nSPS) is 17.8. The molecule has 168 valence electrons. The van der Waals surface area contributed by atoms with Crippen LogP contribution in [0, 0.1) is 0 Å². The molecule has 0 bridgehead atoms. The lowest BCUT2D eigenvalue weighted by molar-refractivity contribution is -0.132. The summed E-state index contributed by atoms with van der Waals surface area (Å²) in [6, 6.07) is 5.64. The van der Waals surface area contributed by atoms with Crippen molar-refractivity contribution in [3.8, 4) is 11.5 Å². The minimum absolute atomic E-state index is 0.0123. The van der Waals surface area contributed by atoms with E-state index in [1.807, 2.05) is 18.2 Å². The SMILES string of the molecule is Cn1c(=O)c2c(nc(Cl)n2CC(=O)N2CCCC2c2ccc3c(c2)OCCO3)n(C)c1=O. The molecule has 11 heteroatoms. The molecule has 0 spiro atoms. The van der Waals surface area contributed by atoms with Crippen molar-refractivity contribution in [2.45, 2.75) is 25.4 Å². The number of carbonyl (C=O) groups excluding carboxylic acids is 1. The molecule has 1 fully saturated rings. The Morgan fingerprint density at radius 2 is 1.91 bits per heavy atom. The molecule has 4 heterocycles. The molecule has 0 aliphatic carbocycles. The molecule has 1 atom stereocenters. The number of ether oxygens (including phenoxy) is 2. The first-order valence-electron chi connectivity index (χ1n) is 10.4. The first kappa shape index (κ1) is 20.6. The molecule has 1 amide bonds. The van der Waals surface area contributed by atoms with Crippen LogP contribution in [0.2, 0.25) is 5.28 Å². The Balaban J connectivity index is 1.48. The zero-order valence-corrected chi connectivity index (χ0v) is 18.5. The maximum Gasteiger partial charge on any atom is 0.332 e. The molecule has 2 aliphatic heterocycles. The summed E-state index contributed by atoms with van der Waals surface area (Å²) in [7, 11) is 2.90. The Labute approximate surface area is 187 Å². The number of imidazole rings is 1. The summed E-state index contributed by atoms with van der Waals surface area (Å²) in [5, 5.41) is -0.0123. The van der Waals surface area contributed by atoms with Crippen molar-refractivity contribution in [1.29, 1.82) is 0 Å². The van der Waals surface area contributed by atoms with E-state index >= 15 is 0 Å². The molecule has 1 unspecified atom stereocenters. The van der Waals surface area contributed by atoms with Crippen molar-refractivity contribution >= 4 is 28.7 Å². The Bertz CT molecular complexity index is 1360. The van der Waals surface area contributed by atoms with Crippen molar-refractivity contribution < 1.29 is 14.3 Å². The summed E-state index contributed by atoms with van der Waals surface area (Å²) in [5.74, 6) is 1.20. The number of rotatable bonds is 3. The molecule has 0 radical (unpaired) electrons. The number of fused-ring (bicyclic) bond motifs is 2. The van der Waals surface area contributed by atoms with Crippen LogP contribution in [0.4, 0.5) is 0 Å². The second-order valence-corrected chi connectivity index (χ2v) is 8.33. The fraction of sp³-hybridized carbons (Fsp3) is 0.429. The van der Waals surface area contributed by atoms with E-state index in [4.69, 9.17) is 21.1 Å². The van der Waals surface area contributed by atoms with Gasteiger partial charge >= 0.3 is 5.69 Å². The molecule has 0 N–H and O–H groups in total. The first-order valence-corrected chi connectivity index (χ1v) is 10.8. The molecule has 0 saturated carbocycles. The first-order chi connectivity index (χ1) is 15.4. The van der Waals surface area contributed by atoms with Crippen molar-refractivity contribution in [2.24, 2.45) is 14.1 Å². The van der Waals surface area contributed by atoms with Crippen LogP contribution in [0.25, 0.3) is 11.2 Å². The number of hydrogen-bond acceptors (Lipinski definition) is 6. The highest BCUT2D eigenvalue weighted by Gasteiger charge is 2.32. The highest BCUT2D eigenvalue weighted by atomic mass is 35.5. The number of hydrogen-bond donors (Lipinski definition) is 0. The largest absolute Gasteiger partial charge is 0.486 e. The molecular formula is C21H22ClN5O5. The van der Waals surface area contributed by atoms with Gasteiger partial charge in [0, 0.05) is 20.6 Å². The van der Waals surface area contributed by atoms with E-state index in [9.17, 15) is 14.4 Å². The summed E-state index contributed by atoms with van der Waals surface area (Å²) < 4.78 is 14.9. The van der Waals surface area contributed by atoms with Gasteiger partial charge < -0.3 is 14.4 Å². The van der Waals surface area contributed by atoms with E-state index in [1.165, 1.54) is 23.2 Å². The highest BCUT2D eigenvalue weighted by Crippen LogP contribution is 2.38. The van der Waals surface area contributed by atoms with Crippen LogP contribution in [0.1, 0.15) is 24.4 Å². The van der Waals surface area contributed by atoms with Gasteiger partial charge in [-0.3, -0.25) is 23.3 Å². The van der Waals surface area contributed by atoms with Gasteiger partial charge in [0.2, 0.25) is 11.2 Å². The van der Waals surface area contributed by atoms with E-state index in [0.29, 0.717) is 31.3 Å². The van der Waals surface area contributed by atoms with Crippen LogP contribution < -0.4 is 20.7 Å². The second-order valence-electron chi connectivity index (χ2n) is 7.99. The lowest BCUT2D eigenvalue weighted by Crippen LogP contribution is -2.38. The van der Waals surface area contributed by atoms with E-state index in [1.54, 1.807) is 4.90 Å². The van der Waals surface area contributed by atoms with E-state index < -0.39 is 11.2 Å². The van der Waals surface area contributed by atoms with Crippen LogP contribution >= 0.6 is 11.6 Å². The average molecular weight is 460 g/mol. The van der Waals surface area contributed by atoms with Crippen molar-refractivity contribution in [3.05, 3.63) is 49.9 Å². The van der Waals surface area contributed by atoms with Crippen LogP contribution in [-0.2, 0) is 25.4 Å². The van der Waals surface area contributed by atoms with Gasteiger partial charge in [0.1, 0.15) is 19.8 Å². The van der Waals surface area contributed by atoms with Crippen molar-refractivity contribution in [1.82, 2.24) is 23.6 Å². The number of nitrogens with zero attached hydrogens (tertiary/aromatic N) is 5. The molecule has 2 aliphatic rings. The number of aromatic nitrogens is 4. The van der Waals surface area contributed by atoms with Crippen LogP contribution in [0.15, 0.2) is 27.8 Å². The number of aryl methyl sites for hydroxylation is 1. The summed E-state index contributed by atoms with van der Waals surface area (Å²) >= 11 is 6.29. The van der Waals surface area contributed by atoms with Crippen LogP contribution in [0.5, 0.6) is 11.5 Å². The van der Waals surface area contributed by atoms with Crippen molar-refractivity contribution in [3.63, 3.8) is 0 Å². The standard InChI is InChI=1S/C21H22ClN5O5/c1-24-18-17(19(29)25(2)21(24)30)27(20(22)23-18)11-16(28)26-7-3-4-13(26)12-5-6-14-15(10-12)32-9-8-31-14/h5-6,10,13H,3-4,7-9,11H2,1-2H3. The van der Waals surface area contributed by atoms with E-state index in [-0.39, 0.29) is 34.9 Å². The molecule has 3 aromatic rings.